The highest BCUT2D eigenvalue weighted by Crippen LogP contribution is 2.24. The zero-order valence-electron chi connectivity index (χ0n) is 12.1. The topological polar surface area (TPSA) is 64.4 Å². The van der Waals surface area contributed by atoms with E-state index in [-0.39, 0.29) is 11.3 Å². The lowest BCUT2D eigenvalue weighted by Crippen LogP contribution is -2.12. The molecule has 2 aromatic rings. The molecule has 0 radical (unpaired) electrons. The van der Waals surface area contributed by atoms with Gasteiger partial charge in [-0.3, -0.25) is 4.79 Å². The van der Waals surface area contributed by atoms with Crippen molar-refractivity contribution in [1.82, 2.24) is 5.16 Å². The van der Waals surface area contributed by atoms with E-state index in [0.29, 0.717) is 17.1 Å². The molecule has 1 aromatic heterocycles. The zero-order chi connectivity index (χ0) is 14.8. The number of nitrogens with one attached hydrogen (secondary N) is 1. The molecule has 1 N–H and O–H groups in total. The Morgan fingerprint density at radius 1 is 1.25 bits per heavy atom. The van der Waals surface area contributed by atoms with Crippen LogP contribution in [0.15, 0.2) is 34.9 Å². The minimum Gasteiger partial charge on any atom is -0.497 e. The van der Waals surface area contributed by atoms with E-state index in [4.69, 9.17) is 9.26 Å². The third kappa shape index (κ3) is 3.17. The molecule has 1 amide bonds. The number of carbonyl (C=O) groups excluding carboxylic acids is 1. The van der Waals surface area contributed by atoms with Gasteiger partial charge in [0.2, 0.25) is 0 Å². The number of amides is 1. The molecule has 0 fully saturated rings. The third-order valence-corrected chi connectivity index (χ3v) is 2.84. The Bertz CT molecular complexity index is 594. The number of ether oxygens (including phenoxy) is 1. The summed E-state index contributed by atoms with van der Waals surface area (Å²) >= 11 is 0. The Morgan fingerprint density at radius 3 is 2.40 bits per heavy atom. The second-order valence-electron chi connectivity index (χ2n) is 5.51. The highest BCUT2D eigenvalue weighted by molar-refractivity contribution is 6.03. The van der Waals surface area contributed by atoms with Crippen LogP contribution in [0.5, 0.6) is 5.75 Å². The van der Waals surface area contributed by atoms with Gasteiger partial charge in [-0.1, -0.05) is 25.9 Å². The number of carbonyl (C=O) groups is 1. The van der Waals surface area contributed by atoms with E-state index in [1.807, 2.05) is 20.8 Å². The van der Waals surface area contributed by atoms with E-state index < -0.39 is 0 Å². The van der Waals surface area contributed by atoms with Crippen molar-refractivity contribution in [3.05, 3.63) is 41.7 Å². The van der Waals surface area contributed by atoms with Crippen molar-refractivity contribution in [2.45, 2.75) is 26.2 Å². The molecule has 0 saturated heterocycles. The molecule has 0 atom stereocenters. The first-order valence-electron chi connectivity index (χ1n) is 6.33. The standard InChI is InChI=1S/C15H18N2O3/c1-15(2,3)12-9-13(17-20-12)16-14(18)10-5-7-11(19-4)8-6-10/h5-9H,1-4H3,(H,16,17,18). The Hall–Kier alpha value is -2.30. The van der Waals surface area contributed by atoms with Gasteiger partial charge >= 0.3 is 0 Å². The summed E-state index contributed by atoms with van der Waals surface area (Å²) in [4.78, 5) is 12.0. The summed E-state index contributed by atoms with van der Waals surface area (Å²) in [6.07, 6.45) is 0. The molecule has 5 nitrogen and oxygen atoms in total. The number of aromatic nitrogens is 1. The van der Waals surface area contributed by atoms with Crippen molar-refractivity contribution in [3.8, 4) is 5.75 Å². The first-order chi connectivity index (χ1) is 9.40. The van der Waals surface area contributed by atoms with Gasteiger partial charge in [0, 0.05) is 17.0 Å². The number of hydrogen-bond donors (Lipinski definition) is 1. The molecule has 0 spiro atoms. The number of methoxy groups -OCH3 is 1. The second kappa shape index (κ2) is 5.36. The molecule has 2 rings (SSSR count). The molecule has 0 saturated carbocycles. The fourth-order valence-electron chi connectivity index (χ4n) is 1.62. The molecule has 1 aromatic carbocycles. The van der Waals surface area contributed by atoms with Crippen LogP contribution in [0.3, 0.4) is 0 Å². The summed E-state index contributed by atoms with van der Waals surface area (Å²) in [5.74, 6) is 1.61. The molecule has 106 valence electrons. The van der Waals surface area contributed by atoms with E-state index >= 15 is 0 Å². The number of nitrogens with zero attached hydrogens (tertiary/aromatic N) is 1. The van der Waals surface area contributed by atoms with Crippen LogP contribution < -0.4 is 10.1 Å². The molecule has 0 bridgehead atoms. The zero-order valence-corrected chi connectivity index (χ0v) is 12.1. The average Bonchev–Trinajstić information content (AvgIpc) is 2.87. The van der Waals surface area contributed by atoms with Crippen molar-refractivity contribution in [1.29, 1.82) is 0 Å². The Kier molecular flexibility index (Phi) is 3.79. The summed E-state index contributed by atoms with van der Waals surface area (Å²) in [5.41, 5.74) is 0.391. The van der Waals surface area contributed by atoms with Gasteiger partial charge in [0.25, 0.3) is 5.91 Å². The lowest BCUT2D eigenvalue weighted by atomic mass is 9.93. The van der Waals surface area contributed by atoms with Crippen molar-refractivity contribution in [2.24, 2.45) is 0 Å². The number of rotatable bonds is 3. The maximum absolute atomic E-state index is 12.0. The van der Waals surface area contributed by atoms with Crippen LogP contribution in [0.2, 0.25) is 0 Å². The van der Waals surface area contributed by atoms with Crippen LogP contribution in [-0.2, 0) is 5.41 Å². The van der Waals surface area contributed by atoms with Gasteiger partial charge in [-0.15, -0.1) is 0 Å². The quantitative estimate of drug-likeness (QED) is 0.933. The minimum atomic E-state index is -0.235. The third-order valence-electron chi connectivity index (χ3n) is 2.84. The smallest absolute Gasteiger partial charge is 0.256 e. The summed E-state index contributed by atoms with van der Waals surface area (Å²) < 4.78 is 10.3. The highest BCUT2D eigenvalue weighted by atomic mass is 16.5. The average molecular weight is 274 g/mol. The van der Waals surface area contributed by atoms with E-state index in [1.165, 1.54) is 0 Å². The fraction of sp³-hybridized carbons (Fsp3) is 0.333. The van der Waals surface area contributed by atoms with E-state index in [2.05, 4.69) is 10.5 Å². The molecule has 0 aliphatic heterocycles. The lowest BCUT2D eigenvalue weighted by molar-refractivity contribution is 0.102. The highest BCUT2D eigenvalue weighted by Gasteiger charge is 2.20. The number of hydrogen-bond acceptors (Lipinski definition) is 4. The van der Waals surface area contributed by atoms with Gasteiger partial charge in [-0.25, -0.2) is 0 Å². The SMILES string of the molecule is COc1ccc(C(=O)Nc2cc(C(C)(C)C)on2)cc1. The van der Waals surface area contributed by atoms with Crippen LogP contribution in [0.1, 0.15) is 36.9 Å². The largest absolute Gasteiger partial charge is 0.497 e. The monoisotopic (exact) mass is 274 g/mol. The molecule has 5 heteroatoms. The first-order valence-corrected chi connectivity index (χ1v) is 6.33. The Labute approximate surface area is 117 Å². The van der Waals surface area contributed by atoms with E-state index in [9.17, 15) is 4.79 Å². The van der Waals surface area contributed by atoms with Crippen LogP contribution in [0, 0.1) is 0 Å². The molecular formula is C15H18N2O3. The van der Waals surface area contributed by atoms with Gasteiger partial charge in [-0.2, -0.15) is 0 Å². The van der Waals surface area contributed by atoms with Gasteiger partial charge in [0.15, 0.2) is 5.82 Å². The number of benzene rings is 1. The molecule has 0 aliphatic carbocycles. The van der Waals surface area contributed by atoms with Crippen LogP contribution in [0.25, 0.3) is 0 Å². The van der Waals surface area contributed by atoms with Crippen LogP contribution in [0.4, 0.5) is 5.82 Å². The summed E-state index contributed by atoms with van der Waals surface area (Å²) in [6.45, 7) is 6.05. The molecule has 0 aliphatic rings. The maximum Gasteiger partial charge on any atom is 0.256 e. The van der Waals surface area contributed by atoms with Gasteiger partial charge in [0.05, 0.1) is 7.11 Å². The molecule has 20 heavy (non-hydrogen) atoms. The first kappa shape index (κ1) is 14.1. The van der Waals surface area contributed by atoms with Gasteiger partial charge in [0.1, 0.15) is 11.5 Å². The van der Waals surface area contributed by atoms with Crippen molar-refractivity contribution in [2.75, 3.05) is 12.4 Å². The Morgan fingerprint density at radius 2 is 1.90 bits per heavy atom. The summed E-state index contributed by atoms with van der Waals surface area (Å²) in [7, 11) is 1.58. The summed E-state index contributed by atoms with van der Waals surface area (Å²) in [6, 6.07) is 8.59. The number of anilines is 1. The van der Waals surface area contributed by atoms with Crippen molar-refractivity contribution >= 4 is 11.7 Å². The molecule has 0 unspecified atom stereocenters. The van der Waals surface area contributed by atoms with Gasteiger partial charge < -0.3 is 14.6 Å². The van der Waals surface area contributed by atoms with E-state index in [0.717, 1.165) is 5.76 Å². The summed E-state index contributed by atoms with van der Waals surface area (Å²) in [5, 5.41) is 6.55. The maximum atomic E-state index is 12.0. The van der Waals surface area contributed by atoms with Crippen LogP contribution >= 0.6 is 0 Å². The minimum absolute atomic E-state index is 0.143. The predicted molar refractivity (Wildman–Crippen MR) is 76.2 cm³/mol. The predicted octanol–water partition coefficient (Wildman–Crippen LogP) is 3.23. The van der Waals surface area contributed by atoms with Gasteiger partial charge in [-0.05, 0) is 24.3 Å². The Balaban J connectivity index is 2.09. The van der Waals surface area contributed by atoms with E-state index in [1.54, 1.807) is 37.4 Å². The normalized spacial score (nSPS) is 11.2. The van der Waals surface area contributed by atoms with Crippen molar-refractivity contribution in [3.63, 3.8) is 0 Å². The molecule has 1 heterocycles. The van der Waals surface area contributed by atoms with Crippen molar-refractivity contribution < 1.29 is 14.1 Å². The molecular weight excluding hydrogens is 256 g/mol. The van der Waals surface area contributed by atoms with Crippen LogP contribution in [-0.4, -0.2) is 18.2 Å². The second-order valence-corrected chi connectivity index (χ2v) is 5.51. The lowest BCUT2D eigenvalue weighted by Gasteiger charge is -2.12. The fourth-order valence-corrected chi connectivity index (χ4v) is 1.62.